The lowest BCUT2D eigenvalue weighted by Gasteiger charge is -2.21. The standard InChI is InChI=1S/C8H16N2O2.C8H8O/c11-5-4-10-8(12)7-2-1-3-9-6-7;1-7(9)8-5-3-2-4-6-8/h7,9,11H,1-6H2,(H,10,12);2-6H,1H3. The molecule has 0 aromatic heterocycles. The smallest absolute Gasteiger partial charge is 0.224 e. The highest BCUT2D eigenvalue weighted by Crippen LogP contribution is 2.09. The minimum absolute atomic E-state index is 0.0197. The van der Waals surface area contributed by atoms with Crippen LogP contribution in [0.25, 0.3) is 0 Å². The van der Waals surface area contributed by atoms with Crippen LogP contribution in [0, 0.1) is 5.92 Å². The fourth-order valence-corrected chi connectivity index (χ4v) is 2.07. The van der Waals surface area contributed by atoms with Crippen molar-refractivity contribution < 1.29 is 14.7 Å². The minimum atomic E-state index is 0.0197. The molecule has 2 rings (SSSR count). The third-order valence-electron chi connectivity index (χ3n) is 3.26. The van der Waals surface area contributed by atoms with E-state index in [1.54, 1.807) is 6.92 Å². The Morgan fingerprint density at radius 1 is 1.33 bits per heavy atom. The van der Waals surface area contributed by atoms with Gasteiger partial charge >= 0.3 is 0 Å². The quantitative estimate of drug-likeness (QED) is 0.723. The zero-order valence-corrected chi connectivity index (χ0v) is 12.5. The first-order valence-electron chi connectivity index (χ1n) is 7.30. The molecule has 116 valence electrons. The maximum Gasteiger partial charge on any atom is 0.224 e. The third-order valence-corrected chi connectivity index (χ3v) is 3.26. The number of rotatable bonds is 4. The monoisotopic (exact) mass is 292 g/mol. The van der Waals surface area contributed by atoms with Gasteiger partial charge in [-0.05, 0) is 26.3 Å². The number of hydrogen-bond donors (Lipinski definition) is 3. The summed E-state index contributed by atoms with van der Waals surface area (Å²) in [4.78, 5) is 21.9. The molecule has 1 aliphatic heterocycles. The predicted molar refractivity (Wildman–Crippen MR) is 82.1 cm³/mol. The molecule has 1 aromatic rings. The Morgan fingerprint density at radius 3 is 2.52 bits per heavy atom. The fourth-order valence-electron chi connectivity index (χ4n) is 2.07. The molecule has 5 nitrogen and oxygen atoms in total. The van der Waals surface area contributed by atoms with Crippen molar-refractivity contribution in [2.75, 3.05) is 26.2 Å². The van der Waals surface area contributed by atoms with Gasteiger partial charge in [0.25, 0.3) is 0 Å². The van der Waals surface area contributed by atoms with Crippen LogP contribution in [0.3, 0.4) is 0 Å². The van der Waals surface area contributed by atoms with E-state index in [0.717, 1.165) is 31.5 Å². The first-order chi connectivity index (χ1) is 10.1. The molecule has 5 heteroatoms. The van der Waals surface area contributed by atoms with Crippen LogP contribution < -0.4 is 10.6 Å². The van der Waals surface area contributed by atoms with Crippen molar-refractivity contribution in [3.05, 3.63) is 35.9 Å². The van der Waals surface area contributed by atoms with E-state index >= 15 is 0 Å². The van der Waals surface area contributed by atoms with Gasteiger partial charge < -0.3 is 15.7 Å². The maximum atomic E-state index is 11.3. The molecule has 1 atom stereocenters. The van der Waals surface area contributed by atoms with Crippen molar-refractivity contribution in [3.63, 3.8) is 0 Å². The molecule has 1 aromatic carbocycles. The van der Waals surface area contributed by atoms with Crippen molar-refractivity contribution in [1.29, 1.82) is 0 Å². The minimum Gasteiger partial charge on any atom is -0.395 e. The van der Waals surface area contributed by atoms with Crippen LogP contribution in [0.5, 0.6) is 0 Å². The summed E-state index contributed by atoms with van der Waals surface area (Å²) in [5.41, 5.74) is 0.775. The summed E-state index contributed by atoms with van der Waals surface area (Å²) in [7, 11) is 0. The molecule has 3 N–H and O–H groups in total. The number of aliphatic hydroxyl groups excluding tert-OH is 1. The Morgan fingerprint density at radius 2 is 2.05 bits per heavy atom. The summed E-state index contributed by atoms with van der Waals surface area (Å²) in [6, 6.07) is 9.23. The van der Waals surface area contributed by atoms with Gasteiger partial charge in [0.1, 0.15) is 0 Å². The summed E-state index contributed by atoms with van der Waals surface area (Å²) >= 11 is 0. The Kier molecular flexibility index (Phi) is 8.31. The molecule has 1 aliphatic rings. The molecule has 21 heavy (non-hydrogen) atoms. The van der Waals surface area contributed by atoms with Crippen LogP contribution in [0.4, 0.5) is 0 Å². The second kappa shape index (κ2) is 10.1. The number of benzene rings is 1. The maximum absolute atomic E-state index is 11.3. The Labute approximate surface area is 125 Å². The van der Waals surface area contributed by atoms with Crippen molar-refractivity contribution in [1.82, 2.24) is 10.6 Å². The lowest BCUT2D eigenvalue weighted by Crippen LogP contribution is -2.41. The summed E-state index contributed by atoms with van der Waals surface area (Å²) in [5.74, 6) is 0.289. The van der Waals surface area contributed by atoms with E-state index in [0.29, 0.717) is 6.54 Å². The second-order valence-corrected chi connectivity index (χ2v) is 4.98. The van der Waals surface area contributed by atoms with Crippen LogP contribution in [-0.4, -0.2) is 43.0 Å². The van der Waals surface area contributed by atoms with Gasteiger partial charge in [0.2, 0.25) is 5.91 Å². The van der Waals surface area contributed by atoms with E-state index in [-0.39, 0.29) is 24.2 Å². The number of nitrogens with one attached hydrogen (secondary N) is 2. The zero-order valence-electron chi connectivity index (χ0n) is 12.5. The van der Waals surface area contributed by atoms with Gasteiger partial charge in [-0.1, -0.05) is 30.3 Å². The van der Waals surface area contributed by atoms with Gasteiger partial charge in [-0.3, -0.25) is 9.59 Å². The normalized spacial score (nSPS) is 17.3. The van der Waals surface area contributed by atoms with Crippen molar-refractivity contribution in [2.24, 2.45) is 5.92 Å². The van der Waals surface area contributed by atoms with Gasteiger partial charge in [-0.2, -0.15) is 0 Å². The zero-order chi connectivity index (χ0) is 15.5. The van der Waals surface area contributed by atoms with Gasteiger partial charge in [-0.25, -0.2) is 0 Å². The molecule has 1 heterocycles. The van der Waals surface area contributed by atoms with Gasteiger partial charge in [0, 0.05) is 18.7 Å². The summed E-state index contributed by atoms with van der Waals surface area (Å²) < 4.78 is 0. The van der Waals surface area contributed by atoms with Crippen molar-refractivity contribution in [3.8, 4) is 0 Å². The summed E-state index contributed by atoms with van der Waals surface area (Å²) in [6.07, 6.45) is 2.03. The molecular formula is C16H24N2O3. The van der Waals surface area contributed by atoms with Crippen LogP contribution in [-0.2, 0) is 4.79 Å². The molecule has 1 saturated heterocycles. The molecule has 1 fully saturated rings. The van der Waals surface area contributed by atoms with Crippen LogP contribution in [0.2, 0.25) is 0 Å². The first kappa shape index (κ1) is 17.3. The van der Waals surface area contributed by atoms with E-state index in [2.05, 4.69) is 10.6 Å². The Hall–Kier alpha value is -1.72. The van der Waals surface area contributed by atoms with Crippen LogP contribution >= 0.6 is 0 Å². The molecule has 0 spiro atoms. The number of carbonyl (C=O) groups is 2. The molecular weight excluding hydrogens is 268 g/mol. The number of aliphatic hydroxyl groups is 1. The second-order valence-electron chi connectivity index (χ2n) is 4.98. The average Bonchev–Trinajstić information content (AvgIpc) is 2.55. The SMILES string of the molecule is CC(=O)c1ccccc1.O=C(NCCO)C1CCCNC1. The number of piperidine rings is 1. The molecule has 0 aliphatic carbocycles. The van der Waals surface area contributed by atoms with Gasteiger partial charge in [0.15, 0.2) is 5.78 Å². The number of carbonyl (C=O) groups excluding carboxylic acids is 2. The largest absolute Gasteiger partial charge is 0.395 e. The number of hydrogen-bond acceptors (Lipinski definition) is 4. The topological polar surface area (TPSA) is 78.4 Å². The molecule has 1 amide bonds. The summed E-state index contributed by atoms with van der Waals surface area (Å²) in [6.45, 7) is 3.75. The number of ketones is 1. The molecule has 0 bridgehead atoms. The highest BCUT2D eigenvalue weighted by atomic mass is 16.3. The van der Waals surface area contributed by atoms with Crippen molar-refractivity contribution in [2.45, 2.75) is 19.8 Å². The van der Waals surface area contributed by atoms with Crippen LogP contribution in [0.1, 0.15) is 30.1 Å². The highest BCUT2D eigenvalue weighted by Gasteiger charge is 2.19. The van der Waals surface area contributed by atoms with Crippen LogP contribution in [0.15, 0.2) is 30.3 Å². The van der Waals surface area contributed by atoms with E-state index in [4.69, 9.17) is 5.11 Å². The van der Waals surface area contributed by atoms with E-state index < -0.39 is 0 Å². The fraction of sp³-hybridized carbons (Fsp3) is 0.500. The highest BCUT2D eigenvalue weighted by molar-refractivity contribution is 5.93. The molecule has 0 saturated carbocycles. The Balaban J connectivity index is 0.000000219. The summed E-state index contributed by atoms with van der Waals surface area (Å²) in [5, 5.41) is 14.3. The first-order valence-corrected chi connectivity index (χ1v) is 7.30. The van der Waals surface area contributed by atoms with Crippen molar-refractivity contribution >= 4 is 11.7 Å². The van der Waals surface area contributed by atoms with E-state index in [9.17, 15) is 9.59 Å². The van der Waals surface area contributed by atoms with E-state index in [1.807, 2.05) is 30.3 Å². The average molecular weight is 292 g/mol. The predicted octanol–water partition coefficient (Wildman–Crippen LogP) is 0.984. The number of amides is 1. The third kappa shape index (κ3) is 7.02. The lowest BCUT2D eigenvalue weighted by atomic mass is 9.99. The van der Waals surface area contributed by atoms with E-state index in [1.165, 1.54) is 0 Å². The molecule has 0 radical (unpaired) electrons. The lowest BCUT2D eigenvalue weighted by molar-refractivity contribution is -0.125. The molecule has 1 unspecified atom stereocenters. The van der Waals surface area contributed by atoms with Gasteiger partial charge in [-0.15, -0.1) is 0 Å². The number of Topliss-reactive ketones (excluding diaryl/α,β-unsaturated/α-hetero) is 1. The van der Waals surface area contributed by atoms with Gasteiger partial charge in [0.05, 0.1) is 12.5 Å². The Bertz CT molecular complexity index is 428.